The highest BCUT2D eigenvalue weighted by molar-refractivity contribution is 7.99. The van der Waals surface area contributed by atoms with Crippen molar-refractivity contribution in [2.45, 2.75) is 12.5 Å². The number of amides is 1. The van der Waals surface area contributed by atoms with Gasteiger partial charge in [-0.1, -0.05) is 29.3 Å². The molecule has 1 heterocycles. The quantitative estimate of drug-likeness (QED) is 0.923. The highest BCUT2D eigenvalue weighted by atomic mass is 35.5. The number of halogens is 2. The molecule has 0 aliphatic carbocycles. The Balaban J connectivity index is 2.28. The number of benzene rings is 1. The van der Waals surface area contributed by atoms with Gasteiger partial charge in [0.15, 0.2) is 0 Å². The van der Waals surface area contributed by atoms with Crippen LogP contribution in [0.4, 0.5) is 0 Å². The molecule has 7 heteroatoms. The number of carboxylic acids is 1. The predicted octanol–water partition coefficient (Wildman–Crippen LogP) is 3.03. The Morgan fingerprint density at radius 2 is 2.00 bits per heavy atom. The van der Waals surface area contributed by atoms with Gasteiger partial charge in [0.2, 0.25) is 0 Å². The predicted molar refractivity (Wildman–Crippen MR) is 80.9 cm³/mol. The second kappa shape index (κ2) is 6.70. The number of carbonyl (C=O) groups excluding carboxylic acids is 1. The second-order valence-corrected chi connectivity index (χ2v) is 6.39. The first-order valence-corrected chi connectivity index (χ1v) is 7.96. The van der Waals surface area contributed by atoms with Crippen LogP contribution in [0.15, 0.2) is 18.2 Å². The summed E-state index contributed by atoms with van der Waals surface area (Å²) in [5.41, 5.74) is 0.248. The largest absolute Gasteiger partial charge is 0.481 e. The topological polar surface area (TPSA) is 57.6 Å². The van der Waals surface area contributed by atoms with E-state index in [1.54, 1.807) is 34.9 Å². The number of hydrogen-bond acceptors (Lipinski definition) is 3. The summed E-state index contributed by atoms with van der Waals surface area (Å²) in [7, 11) is 0. The van der Waals surface area contributed by atoms with Crippen LogP contribution >= 0.6 is 35.0 Å². The number of rotatable bonds is 3. The summed E-state index contributed by atoms with van der Waals surface area (Å²) in [6.07, 6.45) is -0.0686. The smallest absolute Gasteiger partial charge is 0.305 e. The minimum Gasteiger partial charge on any atom is -0.481 e. The van der Waals surface area contributed by atoms with Crippen LogP contribution < -0.4 is 0 Å². The van der Waals surface area contributed by atoms with Crippen molar-refractivity contribution in [3.8, 4) is 0 Å². The van der Waals surface area contributed by atoms with Crippen LogP contribution in [-0.4, -0.2) is 46.0 Å². The lowest BCUT2D eigenvalue weighted by molar-refractivity contribution is -0.138. The van der Waals surface area contributed by atoms with E-state index >= 15 is 0 Å². The Morgan fingerprint density at radius 1 is 1.35 bits per heavy atom. The van der Waals surface area contributed by atoms with Crippen LogP contribution in [0.1, 0.15) is 16.8 Å². The lowest BCUT2D eigenvalue weighted by atomic mass is 10.1. The number of carboxylic acid groups (broad SMARTS) is 1. The summed E-state index contributed by atoms with van der Waals surface area (Å²) in [4.78, 5) is 25.1. The molecule has 1 N–H and O–H groups in total. The molecule has 2 rings (SSSR count). The fraction of sp³-hybridized carbons (Fsp3) is 0.385. The average molecular weight is 334 g/mol. The van der Waals surface area contributed by atoms with Gasteiger partial charge in [0.1, 0.15) is 0 Å². The molecule has 0 aromatic heterocycles. The summed E-state index contributed by atoms with van der Waals surface area (Å²) in [6.45, 7) is 0.503. The van der Waals surface area contributed by atoms with Crippen molar-refractivity contribution >= 4 is 46.8 Å². The minimum atomic E-state index is -0.916. The van der Waals surface area contributed by atoms with Gasteiger partial charge in [-0.05, 0) is 12.1 Å². The van der Waals surface area contributed by atoms with Gasteiger partial charge in [-0.2, -0.15) is 11.8 Å². The summed E-state index contributed by atoms with van der Waals surface area (Å²) >= 11 is 13.7. The van der Waals surface area contributed by atoms with Gasteiger partial charge in [0.05, 0.1) is 28.1 Å². The molecular weight excluding hydrogens is 321 g/mol. The molecule has 1 aromatic rings. The van der Waals surface area contributed by atoms with Gasteiger partial charge in [0.25, 0.3) is 5.91 Å². The van der Waals surface area contributed by atoms with Gasteiger partial charge in [-0.25, -0.2) is 0 Å². The Hall–Kier alpha value is -0.910. The van der Waals surface area contributed by atoms with E-state index in [-0.39, 0.29) is 34.0 Å². The van der Waals surface area contributed by atoms with Crippen molar-refractivity contribution in [3.63, 3.8) is 0 Å². The van der Waals surface area contributed by atoms with Crippen LogP contribution in [0.5, 0.6) is 0 Å². The van der Waals surface area contributed by atoms with Gasteiger partial charge in [0, 0.05) is 18.1 Å². The van der Waals surface area contributed by atoms with Crippen molar-refractivity contribution in [2.24, 2.45) is 0 Å². The zero-order chi connectivity index (χ0) is 14.7. The van der Waals surface area contributed by atoms with E-state index in [0.717, 1.165) is 5.75 Å². The fourth-order valence-electron chi connectivity index (χ4n) is 2.14. The molecule has 4 nitrogen and oxygen atoms in total. The standard InChI is InChI=1S/C13H13Cl2NO3S/c14-9-2-1-3-10(15)12(9)13(19)16-4-5-20-7-8(16)6-11(17)18/h1-3,8H,4-7H2,(H,17,18). The van der Waals surface area contributed by atoms with Gasteiger partial charge >= 0.3 is 5.97 Å². The molecular formula is C13H13Cl2NO3S. The van der Waals surface area contributed by atoms with E-state index in [4.69, 9.17) is 28.3 Å². The van der Waals surface area contributed by atoms with Crippen LogP contribution in [0.2, 0.25) is 10.0 Å². The molecule has 108 valence electrons. The monoisotopic (exact) mass is 333 g/mol. The number of thioether (sulfide) groups is 1. The van der Waals surface area contributed by atoms with Crippen molar-refractivity contribution < 1.29 is 14.7 Å². The maximum atomic E-state index is 12.6. The lowest BCUT2D eigenvalue weighted by Gasteiger charge is -2.35. The van der Waals surface area contributed by atoms with Gasteiger partial charge < -0.3 is 10.0 Å². The number of nitrogens with zero attached hydrogens (tertiary/aromatic N) is 1. The van der Waals surface area contributed by atoms with E-state index in [1.807, 2.05) is 0 Å². The molecule has 0 bridgehead atoms. The molecule has 0 saturated carbocycles. The van der Waals surface area contributed by atoms with Crippen molar-refractivity contribution in [1.29, 1.82) is 0 Å². The van der Waals surface area contributed by atoms with Crippen LogP contribution in [-0.2, 0) is 4.79 Å². The van der Waals surface area contributed by atoms with Crippen molar-refractivity contribution in [2.75, 3.05) is 18.1 Å². The molecule has 1 amide bonds. The third-order valence-corrected chi connectivity index (χ3v) is 4.80. The number of carbonyl (C=O) groups is 2. The highest BCUT2D eigenvalue weighted by Crippen LogP contribution is 2.28. The summed E-state index contributed by atoms with van der Waals surface area (Å²) in [6, 6.07) is 4.55. The molecule has 1 fully saturated rings. The second-order valence-electron chi connectivity index (χ2n) is 4.42. The van der Waals surface area contributed by atoms with Crippen LogP contribution in [0.3, 0.4) is 0 Å². The lowest BCUT2D eigenvalue weighted by Crippen LogP contribution is -2.47. The third kappa shape index (κ3) is 3.40. The average Bonchev–Trinajstić information content (AvgIpc) is 2.38. The van der Waals surface area contributed by atoms with Crippen molar-refractivity contribution in [1.82, 2.24) is 4.90 Å². The first kappa shape index (κ1) is 15.5. The molecule has 0 spiro atoms. The molecule has 1 unspecified atom stereocenters. The SMILES string of the molecule is O=C(O)CC1CSCCN1C(=O)c1c(Cl)cccc1Cl. The van der Waals surface area contributed by atoms with Crippen LogP contribution in [0.25, 0.3) is 0 Å². The summed E-state index contributed by atoms with van der Waals surface area (Å²) in [5.74, 6) is 0.178. The number of hydrogen-bond donors (Lipinski definition) is 1. The first-order valence-electron chi connectivity index (χ1n) is 6.05. The van der Waals surface area contributed by atoms with E-state index in [0.29, 0.717) is 12.3 Å². The maximum Gasteiger partial charge on any atom is 0.305 e. The Bertz CT molecular complexity index is 518. The minimum absolute atomic E-state index is 0.0686. The molecule has 1 atom stereocenters. The summed E-state index contributed by atoms with van der Waals surface area (Å²) < 4.78 is 0. The molecule has 20 heavy (non-hydrogen) atoms. The Morgan fingerprint density at radius 3 is 2.60 bits per heavy atom. The zero-order valence-corrected chi connectivity index (χ0v) is 12.8. The molecule has 1 saturated heterocycles. The van der Waals surface area contributed by atoms with E-state index in [9.17, 15) is 9.59 Å². The van der Waals surface area contributed by atoms with Crippen LogP contribution in [0, 0.1) is 0 Å². The third-order valence-electron chi connectivity index (χ3n) is 3.08. The van der Waals surface area contributed by atoms with Gasteiger partial charge in [-0.15, -0.1) is 0 Å². The van der Waals surface area contributed by atoms with E-state index in [1.165, 1.54) is 0 Å². The normalized spacial score (nSPS) is 18.9. The highest BCUT2D eigenvalue weighted by Gasteiger charge is 2.31. The molecule has 1 aromatic carbocycles. The van der Waals surface area contributed by atoms with Crippen molar-refractivity contribution in [3.05, 3.63) is 33.8 Å². The van der Waals surface area contributed by atoms with E-state index in [2.05, 4.69) is 0 Å². The van der Waals surface area contributed by atoms with E-state index < -0.39 is 5.97 Å². The zero-order valence-electron chi connectivity index (χ0n) is 10.5. The molecule has 0 radical (unpaired) electrons. The fourth-order valence-corrected chi connectivity index (χ4v) is 3.76. The van der Waals surface area contributed by atoms with Gasteiger partial charge in [-0.3, -0.25) is 9.59 Å². The Labute approximate surface area is 131 Å². The summed E-state index contributed by atoms with van der Waals surface area (Å²) in [5, 5.41) is 9.52. The molecule has 1 aliphatic rings. The first-order chi connectivity index (χ1) is 9.50. The maximum absolute atomic E-state index is 12.6. The molecule has 1 aliphatic heterocycles. The number of aliphatic carboxylic acids is 1. The Kier molecular flexibility index (Phi) is 5.18.